The number of aliphatic hydroxyl groups is 1. The predicted octanol–water partition coefficient (Wildman–Crippen LogP) is 0.679. The summed E-state index contributed by atoms with van der Waals surface area (Å²) in [5.74, 6) is -0.0557. The molecule has 11 heavy (non-hydrogen) atoms. The van der Waals surface area contributed by atoms with Crippen LogP contribution < -0.4 is 0 Å². The van der Waals surface area contributed by atoms with Gasteiger partial charge < -0.3 is 10.2 Å². The molecule has 1 aromatic rings. The molecule has 1 atom stereocenters. The second kappa shape index (κ2) is 3.27. The van der Waals surface area contributed by atoms with Gasteiger partial charge in [-0.05, 0) is 16.7 Å². The first kappa shape index (κ1) is 7.90. The van der Waals surface area contributed by atoms with E-state index >= 15 is 0 Å². The third kappa shape index (κ3) is 1.86. The minimum absolute atomic E-state index is 0.00491. The molecule has 0 amide bonds. The summed E-state index contributed by atoms with van der Waals surface area (Å²) in [4.78, 5) is 6.57. The van der Waals surface area contributed by atoms with Crippen LogP contribution in [0.5, 0.6) is 5.75 Å². The van der Waals surface area contributed by atoms with Crippen LogP contribution in [-0.2, 0) is 4.94 Å². The SMILES string of the molecule is Oc1ccc(C(O)OF)nc1. The second-order valence-corrected chi connectivity index (χ2v) is 1.88. The van der Waals surface area contributed by atoms with Gasteiger partial charge in [-0.2, -0.15) is 4.94 Å². The number of rotatable bonds is 2. The smallest absolute Gasteiger partial charge is 0.237 e. The fourth-order valence-corrected chi connectivity index (χ4v) is 0.589. The number of aliphatic hydroxyl groups excluding tert-OH is 1. The molecule has 1 unspecified atom stereocenters. The van der Waals surface area contributed by atoms with Gasteiger partial charge in [-0.25, -0.2) is 0 Å². The Labute approximate surface area is 61.8 Å². The molecule has 0 spiro atoms. The number of aromatic nitrogens is 1. The first-order valence-electron chi connectivity index (χ1n) is 2.84. The zero-order valence-corrected chi connectivity index (χ0v) is 5.44. The van der Waals surface area contributed by atoms with Crippen molar-refractivity contribution in [3.05, 3.63) is 24.0 Å². The Morgan fingerprint density at radius 3 is 2.73 bits per heavy atom. The van der Waals surface area contributed by atoms with Crippen LogP contribution in [0.3, 0.4) is 0 Å². The summed E-state index contributed by atoms with van der Waals surface area (Å²) in [6.07, 6.45) is -0.604. The minimum Gasteiger partial charge on any atom is -0.506 e. The van der Waals surface area contributed by atoms with Crippen molar-refractivity contribution in [1.82, 2.24) is 4.98 Å². The Morgan fingerprint density at radius 1 is 1.55 bits per heavy atom. The van der Waals surface area contributed by atoms with E-state index in [2.05, 4.69) is 9.93 Å². The van der Waals surface area contributed by atoms with Gasteiger partial charge >= 0.3 is 0 Å². The maximum absolute atomic E-state index is 11.3. The molecule has 0 aliphatic heterocycles. The van der Waals surface area contributed by atoms with E-state index in [1.807, 2.05) is 0 Å². The molecular formula is C6H6FNO3. The van der Waals surface area contributed by atoms with Gasteiger partial charge in [-0.3, -0.25) is 4.98 Å². The number of halogens is 1. The highest BCUT2D eigenvalue weighted by Crippen LogP contribution is 2.14. The molecule has 2 N–H and O–H groups in total. The van der Waals surface area contributed by atoms with Crippen molar-refractivity contribution in [3.8, 4) is 5.75 Å². The van der Waals surface area contributed by atoms with Gasteiger partial charge in [0.15, 0.2) is 0 Å². The fourth-order valence-electron chi connectivity index (χ4n) is 0.589. The van der Waals surface area contributed by atoms with E-state index in [1.165, 1.54) is 12.1 Å². The minimum atomic E-state index is -1.68. The van der Waals surface area contributed by atoms with Crippen LogP contribution in [0.15, 0.2) is 18.3 Å². The van der Waals surface area contributed by atoms with E-state index in [0.29, 0.717) is 0 Å². The monoisotopic (exact) mass is 159 g/mol. The van der Waals surface area contributed by atoms with E-state index < -0.39 is 6.29 Å². The lowest BCUT2D eigenvalue weighted by molar-refractivity contribution is -0.262. The van der Waals surface area contributed by atoms with Crippen molar-refractivity contribution in [3.63, 3.8) is 0 Å². The number of hydrogen-bond donors (Lipinski definition) is 2. The molecule has 0 saturated heterocycles. The van der Waals surface area contributed by atoms with Gasteiger partial charge in [-0.1, -0.05) is 0 Å². The molecule has 0 aliphatic rings. The molecule has 1 rings (SSSR count). The standard InChI is InChI=1S/C6H6FNO3/c7-11-6(10)5-2-1-4(9)3-8-5/h1-3,6,9-10H. The molecule has 0 bridgehead atoms. The molecule has 0 saturated carbocycles. The number of hydrogen-bond acceptors (Lipinski definition) is 4. The van der Waals surface area contributed by atoms with Crippen molar-refractivity contribution in [2.45, 2.75) is 6.29 Å². The summed E-state index contributed by atoms with van der Waals surface area (Å²) in [6.45, 7) is 0. The predicted molar refractivity (Wildman–Crippen MR) is 33.1 cm³/mol. The average Bonchev–Trinajstić information content (AvgIpc) is 2.05. The Bertz CT molecular complexity index is 226. The Balaban J connectivity index is 2.81. The Hall–Kier alpha value is -1.20. The molecule has 1 aromatic heterocycles. The highest BCUT2D eigenvalue weighted by molar-refractivity contribution is 5.18. The summed E-state index contributed by atoms with van der Waals surface area (Å²) >= 11 is 0. The first-order valence-corrected chi connectivity index (χ1v) is 2.84. The van der Waals surface area contributed by atoms with Crippen LogP contribution >= 0.6 is 0 Å². The Kier molecular flexibility index (Phi) is 2.35. The molecule has 0 radical (unpaired) electrons. The van der Waals surface area contributed by atoms with Crippen molar-refractivity contribution in [1.29, 1.82) is 0 Å². The highest BCUT2D eigenvalue weighted by atomic mass is 19.3. The lowest BCUT2D eigenvalue weighted by Gasteiger charge is -2.02. The van der Waals surface area contributed by atoms with Crippen LogP contribution in [0.2, 0.25) is 0 Å². The number of pyridine rings is 1. The molecule has 0 aliphatic carbocycles. The van der Waals surface area contributed by atoms with E-state index in [1.54, 1.807) is 0 Å². The van der Waals surface area contributed by atoms with Crippen LogP contribution in [0.25, 0.3) is 0 Å². The number of aromatic hydroxyl groups is 1. The van der Waals surface area contributed by atoms with Gasteiger partial charge in [0.05, 0.1) is 11.9 Å². The van der Waals surface area contributed by atoms with E-state index in [9.17, 15) is 4.53 Å². The maximum Gasteiger partial charge on any atom is 0.237 e. The van der Waals surface area contributed by atoms with Crippen LogP contribution in [-0.4, -0.2) is 15.2 Å². The molecule has 1 heterocycles. The first-order chi connectivity index (χ1) is 5.24. The van der Waals surface area contributed by atoms with E-state index in [0.717, 1.165) is 6.20 Å². The van der Waals surface area contributed by atoms with Crippen molar-refractivity contribution in [2.24, 2.45) is 0 Å². The van der Waals surface area contributed by atoms with E-state index in [4.69, 9.17) is 10.2 Å². The van der Waals surface area contributed by atoms with Crippen LogP contribution in [0, 0.1) is 0 Å². The largest absolute Gasteiger partial charge is 0.506 e. The second-order valence-electron chi connectivity index (χ2n) is 1.88. The van der Waals surface area contributed by atoms with Gasteiger partial charge in [0.25, 0.3) is 0 Å². The zero-order valence-electron chi connectivity index (χ0n) is 5.44. The van der Waals surface area contributed by atoms with E-state index in [-0.39, 0.29) is 11.4 Å². The number of nitrogens with zero attached hydrogens (tertiary/aromatic N) is 1. The summed E-state index contributed by atoms with van der Waals surface area (Å²) < 4.78 is 11.3. The highest BCUT2D eigenvalue weighted by Gasteiger charge is 2.08. The van der Waals surface area contributed by atoms with Crippen molar-refractivity contribution < 1.29 is 19.7 Å². The Morgan fingerprint density at radius 2 is 2.27 bits per heavy atom. The van der Waals surface area contributed by atoms with Crippen LogP contribution in [0.4, 0.5) is 4.53 Å². The van der Waals surface area contributed by atoms with Crippen LogP contribution in [0.1, 0.15) is 12.0 Å². The molecule has 0 aromatic carbocycles. The molecular weight excluding hydrogens is 153 g/mol. The summed E-state index contributed by atoms with van der Waals surface area (Å²) in [7, 11) is 0. The lowest BCUT2D eigenvalue weighted by Crippen LogP contribution is -1.98. The molecule has 0 fully saturated rings. The molecule has 60 valence electrons. The third-order valence-electron chi connectivity index (χ3n) is 1.11. The fraction of sp³-hybridized carbons (Fsp3) is 0.167. The van der Waals surface area contributed by atoms with Gasteiger partial charge in [0.2, 0.25) is 6.29 Å². The summed E-state index contributed by atoms with van der Waals surface area (Å²) in [6, 6.07) is 2.52. The van der Waals surface area contributed by atoms with Crippen molar-refractivity contribution >= 4 is 0 Å². The van der Waals surface area contributed by atoms with Crippen molar-refractivity contribution in [2.75, 3.05) is 0 Å². The quantitative estimate of drug-likeness (QED) is 0.623. The van der Waals surface area contributed by atoms with Gasteiger partial charge in [-0.15, -0.1) is 0 Å². The zero-order chi connectivity index (χ0) is 8.27. The summed E-state index contributed by atoms with van der Waals surface area (Å²) in [5, 5.41) is 17.4. The maximum atomic E-state index is 11.3. The third-order valence-corrected chi connectivity index (χ3v) is 1.11. The van der Waals surface area contributed by atoms with Gasteiger partial charge in [0, 0.05) is 0 Å². The molecule has 5 heteroatoms. The van der Waals surface area contributed by atoms with Gasteiger partial charge in [0.1, 0.15) is 5.75 Å². The topological polar surface area (TPSA) is 62.6 Å². The normalized spacial score (nSPS) is 12.9. The summed E-state index contributed by atoms with van der Waals surface area (Å²) in [5.41, 5.74) is 0.00491. The average molecular weight is 159 g/mol. The molecule has 4 nitrogen and oxygen atoms in total. The lowest BCUT2D eigenvalue weighted by atomic mass is 10.3.